The summed E-state index contributed by atoms with van der Waals surface area (Å²) in [7, 11) is 0. The minimum Gasteiger partial charge on any atom is -0.392 e. The van der Waals surface area contributed by atoms with Crippen LogP contribution in [-0.4, -0.2) is 38.1 Å². The van der Waals surface area contributed by atoms with Gasteiger partial charge in [0.2, 0.25) is 0 Å². The van der Waals surface area contributed by atoms with E-state index < -0.39 is 0 Å². The number of aryl methyl sites for hydroxylation is 1. The van der Waals surface area contributed by atoms with E-state index in [1.165, 1.54) is 18.5 Å². The van der Waals surface area contributed by atoms with Crippen molar-refractivity contribution in [1.29, 1.82) is 0 Å². The Morgan fingerprint density at radius 1 is 1.38 bits per heavy atom. The monoisotopic (exact) mass is 287 g/mol. The number of aliphatic hydroxyl groups excluding tert-OH is 1. The number of imidazole rings is 1. The van der Waals surface area contributed by atoms with Crippen molar-refractivity contribution in [2.75, 3.05) is 6.54 Å². The first-order chi connectivity index (χ1) is 10.2. The molecule has 0 bridgehead atoms. The van der Waals surface area contributed by atoms with Crippen molar-refractivity contribution in [3.05, 3.63) is 35.8 Å². The van der Waals surface area contributed by atoms with Gasteiger partial charge in [-0.2, -0.15) is 0 Å². The van der Waals surface area contributed by atoms with Gasteiger partial charge in [0.1, 0.15) is 5.65 Å². The number of piperidine rings is 1. The van der Waals surface area contributed by atoms with Gasteiger partial charge in [-0.05, 0) is 44.9 Å². The van der Waals surface area contributed by atoms with Crippen LogP contribution in [0.15, 0.2) is 24.4 Å². The molecule has 0 saturated carbocycles. The molecule has 0 unspecified atom stereocenters. The Morgan fingerprint density at radius 2 is 2.24 bits per heavy atom. The highest BCUT2D eigenvalue weighted by atomic mass is 16.3. The number of hydrogen-bond acceptors (Lipinski definition) is 3. The van der Waals surface area contributed by atoms with E-state index in [1.807, 2.05) is 18.2 Å². The van der Waals surface area contributed by atoms with Crippen molar-refractivity contribution in [3.8, 4) is 0 Å². The maximum absolute atomic E-state index is 10.3. The Labute approximate surface area is 126 Å². The molecule has 114 valence electrons. The Kier molecular flexibility index (Phi) is 4.27. The van der Waals surface area contributed by atoms with Crippen LogP contribution in [0.25, 0.3) is 5.65 Å². The van der Waals surface area contributed by atoms with Crippen molar-refractivity contribution >= 4 is 5.65 Å². The predicted octanol–water partition coefficient (Wildman–Crippen LogP) is 2.77. The fraction of sp³-hybridized carbons (Fsp3) is 0.588. The summed E-state index contributed by atoms with van der Waals surface area (Å²) >= 11 is 0. The molecule has 1 aliphatic heterocycles. The average molecular weight is 287 g/mol. The standard InChI is InChI=1S/C17H25N3O/c1-3-16(21)14-8-4-6-10-19(14)12-15-13(2)18-17-9-5-7-11-20(15)17/h5,7,9,11,14,16,21H,3-4,6,8,10,12H2,1-2H3/t14-,16-/m1/s1. The van der Waals surface area contributed by atoms with Crippen LogP contribution in [0.4, 0.5) is 0 Å². The van der Waals surface area contributed by atoms with Crippen LogP contribution in [-0.2, 0) is 6.54 Å². The van der Waals surface area contributed by atoms with Crippen LogP contribution in [0.5, 0.6) is 0 Å². The summed E-state index contributed by atoms with van der Waals surface area (Å²) < 4.78 is 2.18. The number of nitrogens with zero attached hydrogens (tertiary/aromatic N) is 3. The third-order valence-corrected chi connectivity index (χ3v) is 4.71. The molecule has 1 saturated heterocycles. The molecule has 3 rings (SSSR count). The van der Waals surface area contributed by atoms with Crippen molar-refractivity contribution in [2.24, 2.45) is 0 Å². The predicted molar refractivity (Wildman–Crippen MR) is 84.3 cm³/mol. The lowest BCUT2D eigenvalue weighted by atomic mass is 9.95. The van der Waals surface area contributed by atoms with E-state index in [-0.39, 0.29) is 12.1 Å². The maximum atomic E-state index is 10.3. The molecule has 0 aliphatic carbocycles. The molecular weight excluding hydrogens is 262 g/mol. The normalized spacial score (nSPS) is 21.8. The SMILES string of the molecule is CC[C@@H](O)[C@H]1CCCCN1Cc1c(C)nc2ccccn12. The number of aromatic nitrogens is 2. The van der Waals surface area contributed by atoms with Crippen molar-refractivity contribution in [3.63, 3.8) is 0 Å². The molecule has 1 N–H and O–H groups in total. The van der Waals surface area contributed by atoms with Crippen molar-refractivity contribution in [1.82, 2.24) is 14.3 Å². The molecule has 4 heteroatoms. The quantitative estimate of drug-likeness (QED) is 0.940. The molecule has 0 spiro atoms. The smallest absolute Gasteiger partial charge is 0.137 e. The van der Waals surface area contributed by atoms with Gasteiger partial charge in [-0.15, -0.1) is 0 Å². The van der Waals surface area contributed by atoms with E-state index >= 15 is 0 Å². The van der Waals surface area contributed by atoms with Crippen LogP contribution in [0.1, 0.15) is 44.0 Å². The van der Waals surface area contributed by atoms with Gasteiger partial charge >= 0.3 is 0 Å². The first-order valence-electron chi connectivity index (χ1n) is 8.05. The summed E-state index contributed by atoms with van der Waals surface area (Å²) in [5.41, 5.74) is 3.35. The second-order valence-corrected chi connectivity index (χ2v) is 6.08. The molecule has 0 aromatic carbocycles. The molecule has 0 radical (unpaired) electrons. The molecule has 3 heterocycles. The van der Waals surface area contributed by atoms with Gasteiger partial charge in [-0.25, -0.2) is 4.98 Å². The van der Waals surface area contributed by atoms with Gasteiger partial charge < -0.3 is 9.51 Å². The zero-order valence-corrected chi connectivity index (χ0v) is 13.0. The fourth-order valence-corrected chi connectivity index (χ4v) is 3.47. The summed E-state index contributed by atoms with van der Waals surface area (Å²) in [6.45, 7) is 6.09. The van der Waals surface area contributed by atoms with E-state index in [0.717, 1.165) is 37.3 Å². The van der Waals surface area contributed by atoms with Crippen molar-refractivity contribution in [2.45, 2.75) is 58.2 Å². The van der Waals surface area contributed by atoms with E-state index in [1.54, 1.807) is 0 Å². The Morgan fingerprint density at radius 3 is 3.05 bits per heavy atom. The largest absolute Gasteiger partial charge is 0.392 e. The minimum atomic E-state index is -0.218. The number of rotatable bonds is 4. The molecule has 2 aromatic rings. The van der Waals surface area contributed by atoms with E-state index in [9.17, 15) is 5.11 Å². The second-order valence-electron chi connectivity index (χ2n) is 6.08. The fourth-order valence-electron chi connectivity index (χ4n) is 3.47. The summed E-state index contributed by atoms with van der Waals surface area (Å²) in [5.74, 6) is 0. The minimum absolute atomic E-state index is 0.218. The molecule has 2 atom stereocenters. The molecule has 4 nitrogen and oxygen atoms in total. The molecule has 0 amide bonds. The first kappa shape index (κ1) is 14.5. The van der Waals surface area contributed by atoms with Crippen LogP contribution in [0, 0.1) is 6.92 Å². The van der Waals surface area contributed by atoms with Crippen LogP contribution < -0.4 is 0 Å². The summed E-state index contributed by atoms with van der Waals surface area (Å²) in [5, 5.41) is 10.3. The lowest BCUT2D eigenvalue weighted by Gasteiger charge is -2.38. The third-order valence-electron chi connectivity index (χ3n) is 4.71. The zero-order valence-electron chi connectivity index (χ0n) is 13.0. The van der Waals surface area contributed by atoms with Gasteiger partial charge in [0.05, 0.1) is 17.5 Å². The van der Waals surface area contributed by atoms with Gasteiger partial charge in [0.25, 0.3) is 0 Å². The number of fused-ring (bicyclic) bond motifs is 1. The number of aliphatic hydroxyl groups is 1. The van der Waals surface area contributed by atoms with Gasteiger partial charge in [0, 0.05) is 18.8 Å². The van der Waals surface area contributed by atoms with Crippen molar-refractivity contribution < 1.29 is 5.11 Å². The zero-order chi connectivity index (χ0) is 14.8. The molecule has 2 aromatic heterocycles. The number of hydrogen-bond donors (Lipinski definition) is 1. The van der Waals surface area contributed by atoms with Gasteiger partial charge in [-0.3, -0.25) is 4.90 Å². The van der Waals surface area contributed by atoms with E-state index in [2.05, 4.69) is 34.3 Å². The van der Waals surface area contributed by atoms with Gasteiger partial charge in [-0.1, -0.05) is 19.4 Å². The average Bonchev–Trinajstić information content (AvgIpc) is 2.83. The molecule has 21 heavy (non-hydrogen) atoms. The maximum Gasteiger partial charge on any atom is 0.137 e. The summed E-state index contributed by atoms with van der Waals surface area (Å²) in [6.07, 6.45) is 6.25. The van der Waals surface area contributed by atoms with Gasteiger partial charge in [0.15, 0.2) is 0 Å². The highest BCUT2D eigenvalue weighted by molar-refractivity contribution is 5.42. The summed E-state index contributed by atoms with van der Waals surface area (Å²) in [4.78, 5) is 7.09. The number of pyridine rings is 1. The lowest BCUT2D eigenvalue weighted by Crippen LogP contribution is -2.46. The Bertz CT molecular complexity index is 607. The second kappa shape index (κ2) is 6.16. The highest BCUT2D eigenvalue weighted by Crippen LogP contribution is 2.24. The third kappa shape index (κ3) is 2.83. The van der Waals surface area contributed by atoms with E-state index in [4.69, 9.17) is 0 Å². The lowest BCUT2D eigenvalue weighted by molar-refractivity contribution is 0.0187. The first-order valence-corrected chi connectivity index (χ1v) is 8.05. The van der Waals surface area contributed by atoms with Crippen LogP contribution >= 0.6 is 0 Å². The molecule has 1 fully saturated rings. The summed E-state index contributed by atoms with van der Waals surface area (Å²) in [6, 6.07) is 6.41. The molecular formula is C17H25N3O. The van der Waals surface area contributed by atoms with E-state index in [0.29, 0.717) is 0 Å². The highest BCUT2D eigenvalue weighted by Gasteiger charge is 2.28. The Balaban J connectivity index is 1.87. The van der Waals surface area contributed by atoms with Crippen LogP contribution in [0.3, 0.4) is 0 Å². The molecule has 1 aliphatic rings. The topological polar surface area (TPSA) is 40.8 Å². The number of likely N-dealkylation sites (tertiary alicyclic amines) is 1. The van der Waals surface area contributed by atoms with Crippen LogP contribution in [0.2, 0.25) is 0 Å². The Hall–Kier alpha value is -1.39.